The van der Waals surface area contributed by atoms with Gasteiger partial charge in [-0.1, -0.05) is 55.4 Å². The molecule has 2 rings (SSSR count). The molecule has 2 aliphatic rings. The topological polar surface area (TPSA) is 12.5 Å². The van der Waals surface area contributed by atoms with Crippen molar-refractivity contribution in [1.29, 1.82) is 0 Å². The first-order valence-electron chi connectivity index (χ1n) is 8.44. The van der Waals surface area contributed by atoms with Crippen LogP contribution >= 0.6 is 0 Å². The molecule has 0 aromatic heterocycles. The number of nitrogens with zero attached hydrogens (tertiary/aromatic N) is 1. The smallest absolute Gasteiger partial charge is 0.208 e. The second kappa shape index (κ2) is 5.10. The Morgan fingerprint density at radius 2 is 1.35 bits per heavy atom. The maximum absolute atomic E-state index is 7.05. The van der Waals surface area contributed by atoms with E-state index in [1.165, 1.54) is 25.9 Å². The quantitative estimate of drug-likeness (QED) is 0.631. The minimum absolute atomic E-state index is 0.285. The zero-order valence-electron chi connectivity index (χ0n) is 14.9. The molecule has 0 amide bonds. The van der Waals surface area contributed by atoms with Gasteiger partial charge in [0.2, 0.25) is 8.32 Å². The van der Waals surface area contributed by atoms with Gasteiger partial charge >= 0.3 is 0 Å². The molecule has 3 atom stereocenters. The summed E-state index contributed by atoms with van der Waals surface area (Å²) in [6.07, 6.45) is 3.07. The van der Waals surface area contributed by atoms with Crippen LogP contribution in [-0.2, 0) is 4.43 Å². The zero-order valence-corrected chi connectivity index (χ0v) is 15.9. The number of hydrogen-bond donors (Lipinski definition) is 0. The molecule has 2 nitrogen and oxygen atoms in total. The first kappa shape index (κ1) is 16.5. The van der Waals surface area contributed by atoms with Crippen molar-refractivity contribution in [1.82, 2.24) is 4.90 Å². The third-order valence-electron chi connectivity index (χ3n) is 5.92. The van der Waals surface area contributed by atoms with Crippen molar-refractivity contribution in [3.63, 3.8) is 0 Å². The molecule has 0 radical (unpaired) electrons. The van der Waals surface area contributed by atoms with Crippen LogP contribution in [0.2, 0.25) is 15.6 Å². The van der Waals surface area contributed by atoms with Crippen LogP contribution in [0.15, 0.2) is 0 Å². The maximum Gasteiger partial charge on any atom is 0.208 e. The van der Waals surface area contributed by atoms with E-state index in [-0.39, 0.29) is 10.1 Å². The van der Waals surface area contributed by atoms with Gasteiger partial charge in [-0.05, 0) is 34.4 Å². The summed E-state index contributed by atoms with van der Waals surface area (Å²) < 4.78 is 7.05. The summed E-state index contributed by atoms with van der Waals surface area (Å²) in [4.78, 5) is 2.62. The van der Waals surface area contributed by atoms with Gasteiger partial charge in [0.15, 0.2) is 0 Å². The lowest BCUT2D eigenvalue weighted by Gasteiger charge is -2.51. The van der Waals surface area contributed by atoms with E-state index >= 15 is 0 Å². The summed E-state index contributed by atoms with van der Waals surface area (Å²) in [5.41, 5.74) is 0.716. The number of rotatable bonds is 1. The van der Waals surface area contributed by atoms with Gasteiger partial charge < -0.3 is 4.43 Å². The highest BCUT2D eigenvalue weighted by Crippen LogP contribution is 2.63. The summed E-state index contributed by atoms with van der Waals surface area (Å²) in [7, 11) is -1.87. The Morgan fingerprint density at radius 1 is 0.900 bits per heavy atom. The lowest BCUT2D eigenvalue weighted by Crippen LogP contribution is -2.55. The van der Waals surface area contributed by atoms with Crippen molar-refractivity contribution in [2.45, 2.75) is 90.1 Å². The Labute approximate surface area is 127 Å². The fourth-order valence-corrected chi connectivity index (χ4v) is 12.8. The van der Waals surface area contributed by atoms with Gasteiger partial charge in [-0.15, -0.1) is 0 Å². The van der Waals surface area contributed by atoms with E-state index in [9.17, 15) is 0 Å². The summed E-state index contributed by atoms with van der Waals surface area (Å²) in [5, 5.41) is 0.570. The molecule has 0 unspecified atom stereocenters. The van der Waals surface area contributed by atoms with E-state index in [0.29, 0.717) is 17.7 Å². The van der Waals surface area contributed by atoms with Crippen molar-refractivity contribution in [2.24, 2.45) is 5.92 Å². The maximum atomic E-state index is 7.05. The second-order valence-corrected chi connectivity index (χ2v) is 14.8. The van der Waals surface area contributed by atoms with E-state index < -0.39 is 8.32 Å². The van der Waals surface area contributed by atoms with Gasteiger partial charge in [0, 0.05) is 13.1 Å². The van der Waals surface area contributed by atoms with Gasteiger partial charge in [0.25, 0.3) is 0 Å². The van der Waals surface area contributed by atoms with E-state index in [2.05, 4.69) is 60.3 Å². The van der Waals surface area contributed by atoms with E-state index in [0.717, 1.165) is 0 Å². The largest absolute Gasteiger partial charge is 0.400 e. The molecule has 0 N–H and O–H groups in total. The van der Waals surface area contributed by atoms with Crippen molar-refractivity contribution < 1.29 is 4.43 Å². The van der Waals surface area contributed by atoms with Gasteiger partial charge in [-0.25, -0.2) is 0 Å². The van der Waals surface area contributed by atoms with Crippen molar-refractivity contribution in [3.8, 4) is 0 Å². The molecule has 3 heteroatoms. The number of hydrogen-bond acceptors (Lipinski definition) is 2. The molecule has 0 saturated carbocycles. The standard InChI is InChI=1S/C17H35NOSi/c1-13-14(2)20(16(3,4)5,17(6,7)8)19-15(13)18-11-9-10-12-18/h13-15H,9-12H2,1-8H3/t13-,14-,15-/m1/s1. The molecule has 2 fully saturated rings. The average Bonchev–Trinajstić information content (AvgIpc) is 2.85. The molecule has 20 heavy (non-hydrogen) atoms. The first-order valence-corrected chi connectivity index (χ1v) is 10.4. The minimum Gasteiger partial charge on any atom is -0.400 e. The molecule has 0 aromatic rings. The Morgan fingerprint density at radius 3 is 1.70 bits per heavy atom. The Hall–Kier alpha value is 0.137. The van der Waals surface area contributed by atoms with Crippen LogP contribution in [0, 0.1) is 5.92 Å². The summed E-state index contributed by atoms with van der Waals surface area (Å²) >= 11 is 0. The van der Waals surface area contributed by atoms with Crippen LogP contribution in [0.4, 0.5) is 0 Å². The van der Waals surface area contributed by atoms with E-state index in [4.69, 9.17) is 4.43 Å². The van der Waals surface area contributed by atoms with Gasteiger partial charge in [0.05, 0.1) is 0 Å². The van der Waals surface area contributed by atoms with Crippen molar-refractivity contribution >= 4 is 8.32 Å². The van der Waals surface area contributed by atoms with Crippen LogP contribution in [0.25, 0.3) is 0 Å². The minimum atomic E-state index is -1.87. The molecule has 0 bridgehead atoms. The van der Waals surface area contributed by atoms with Crippen molar-refractivity contribution in [2.75, 3.05) is 13.1 Å². The fraction of sp³-hybridized carbons (Fsp3) is 1.00. The molecule has 2 heterocycles. The van der Waals surface area contributed by atoms with E-state index in [1.807, 2.05) is 0 Å². The Balaban J connectivity index is 2.39. The van der Waals surface area contributed by atoms with Crippen LogP contribution in [0.1, 0.15) is 68.2 Å². The monoisotopic (exact) mass is 297 g/mol. The predicted molar refractivity (Wildman–Crippen MR) is 89.5 cm³/mol. The molecular weight excluding hydrogens is 262 g/mol. The molecule has 0 spiro atoms. The SMILES string of the molecule is C[C@H]1[C@H](N2CCCC2)O[Si](C(C)(C)C)(C(C)(C)C)[C@@H]1C. The molecule has 2 saturated heterocycles. The van der Waals surface area contributed by atoms with Gasteiger partial charge in [-0.3, -0.25) is 4.90 Å². The summed E-state index contributed by atoms with van der Waals surface area (Å²) in [5.74, 6) is 0.665. The summed E-state index contributed by atoms with van der Waals surface area (Å²) in [6.45, 7) is 21.9. The second-order valence-electron chi connectivity index (χ2n) is 9.13. The molecule has 2 aliphatic heterocycles. The van der Waals surface area contributed by atoms with Crippen LogP contribution in [0.5, 0.6) is 0 Å². The predicted octanol–water partition coefficient (Wildman–Crippen LogP) is 5.01. The fourth-order valence-electron chi connectivity index (χ4n) is 5.27. The lowest BCUT2D eigenvalue weighted by atomic mass is 10.1. The first-order chi connectivity index (χ1) is 9.02. The highest BCUT2D eigenvalue weighted by atomic mass is 28.4. The van der Waals surface area contributed by atoms with Crippen LogP contribution < -0.4 is 0 Å². The Kier molecular flexibility index (Phi) is 4.21. The molecule has 118 valence electrons. The van der Waals surface area contributed by atoms with Gasteiger partial charge in [0.1, 0.15) is 6.23 Å². The molecule has 0 aliphatic carbocycles. The highest BCUT2D eigenvalue weighted by molar-refractivity contribution is 6.81. The molecule has 0 aromatic carbocycles. The lowest BCUT2D eigenvalue weighted by molar-refractivity contribution is 0.0175. The number of likely N-dealkylation sites (tertiary alicyclic amines) is 1. The third-order valence-corrected chi connectivity index (χ3v) is 12.8. The average molecular weight is 298 g/mol. The highest BCUT2D eigenvalue weighted by Gasteiger charge is 2.65. The Bertz CT molecular complexity index is 335. The van der Waals surface area contributed by atoms with Gasteiger partial charge in [-0.2, -0.15) is 0 Å². The van der Waals surface area contributed by atoms with Crippen LogP contribution in [-0.4, -0.2) is 32.5 Å². The summed E-state index contributed by atoms with van der Waals surface area (Å²) in [6, 6.07) is 0. The van der Waals surface area contributed by atoms with E-state index in [1.54, 1.807) is 0 Å². The van der Waals surface area contributed by atoms with Crippen LogP contribution in [0.3, 0.4) is 0 Å². The third kappa shape index (κ3) is 2.30. The molecular formula is C17H35NOSi. The zero-order chi connectivity index (χ0) is 15.3. The normalized spacial score (nSPS) is 35.7. The van der Waals surface area contributed by atoms with Crippen molar-refractivity contribution in [3.05, 3.63) is 0 Å².